The second-order valence-corrected chi connectivity index (χ2v) is 5.17. The van der Waals surface area contributed by atoms with Crippen LogP contribution in [0.1, 0.15) is 24.4 Å². The van der Waals surface area contributed by atoms with Crippen molar-refractivity contribution in [2.45, 2.75) is 18.9 Å². The molecule has 1 saturated heterocycles. The lowest BCUT2D eigenvalue weighted by atomic mass is 10.1. The third-order valence-electron chi connectivity index (χ3n) is 3.61. The lowest BCUT2D eigenvalue weighted by Crippen LogP contribution is -2.25. The Morgan fingerprint density at radius 1 is 1.25 bits per heavy atom. The summed E-state index contributed by atoms with van der Waals surface area (Å²) in [5.74, 6) is -0.0773. The summed E-state index contributed by atoms with van der Waals surface area (Å²) in [4.78, 5) is 35.9. The monoisotopic (exact) mass is 273 g/mol. The number of carbonyl (C=O) groups excluding carboxylic acids is 3. The quantitative estimate of drug-likeness (QED) is 0.814. The molecule has 1 unspecified atom stereocenters. The van der Waals surface area contributed by atoms with E-state index in [4.69, 9.17) is 0 Å². The van der Waals surface area contributed by atoms with Gasteiger partial charge in [0.1, 0.15) is 6.04 Å². The van der Waals surface area contributed by atoms with Crippen LogP contribution in [0, 0.1) is 5.92 Å². The highest BCUT2D eigenvalue weighted by Crippen LogP contribution is 2.30. The Bertz CT molecular complexity index is 578. The topological polar surface area (TPSA) is 78.5 Å². The van der Waals surface area contributed by atoms with Crippen LogP contribution in [0.3, 0.4) is 0 Å². The van der Waals surface area contributed by atoms with Crippen molar-refractivity contribution in [3.05, 3.63) is 29.8 Å². The number of likely N-dealkylation sites (N-methyl/N-ethyl adjacent to an activating group) is 1. The third-order valence-corrected chi connectivity index (χ3v) is 3.61. The average Bonchev–Trinajstić information content (AvgIpc) is 3.25. The molecule has 104 valence electrons. The predicted octanol–water partition coefficient (Wildman–Crippen LogP) is 1.26. The number of carbonyl (C=O) groups is 3. The van der Waals surface area contributed by atoms with Gasteiger partial charge in [-0.05, 0) is 30.5 Å². The number of nitrogens with zero attached hydrogens (tertiary/aromatic N) is 1. The number of imide groups is 1. The van der Waals surface area contributed by atoms with Gasteiger partial charge in [0.2, 0.25) is 5.91 Å². The number of hydrogen-bond donors (Lipinski definition) is 2. The van der Waals surface area contributed by atoms with Gasteiger partial charge in [-0.2, -0.15) is 0 Å². The Kier molecular flexibility index (Phi) is 2.93. The lowest BCUT2D eigenvalue weighted by Gasteiger charge is -2.10. The first-order valence-corrected chi connectivity index (χ1v) is 6.55. The van der Waals surface area contributed by atoms with Crippen LogP contribution in [0.4, 0.5) is 10.5 Å². The van der Waals surface area contributed by atoms with Crippen LogP contribution in [0.5, 0.6) is 0 Å². The largest absolute Gasteiger partial charge is 0.326 e. The summed E-state index contributed by atoms with van der Waals surface area (Å²) in [7, 11) is 1.45. The molecule has 0 radical (unpaired) electrons. The zero-order chi connectivity index (χ0) is 14.3. The first-order chi connectivity index (χ1) is 9.56. The van der Waals surface area contributed by atoms with E-state index in [1.165, 1.54) is 7.05 Å². The summed E-state index contributed by atoms with van der Waals surface area (Å²) in [6.45, 7) is 0. The van der Waals surface area contributed by atoms with Crippen LogP contribution >= 0.6 is 0 Å². The van der Waals surface area contributed by atoms with E-state index in [1.54, 1.807) is 24.3 Å². The molecular weight excluding hydrogens is 258 g/mol. The molecule has 4 amide bonds. The summed E-state index contributed by atoms with van der Waals surface area (Å²) in [5.41, 5.74) is 1.41. The van der Waals surface area contributed by atoms with E-state index in [2.05, 4.69) is 10.6 Å². The van der Waals surface area contributed by atoms with Gasteiger partial charge < -0.3 is 10.6 Å². The van der Waals surface area contributed by atoms with Gasteiger partial charge in [0, 0.05) is 18.7 Å². The Balaban J connectivity index is 1.71. The molecule has 2 fully saturated rings. The molecule has 6 nitrogen and oxygen atoms in total. The van der Waals surface area contributed by atoms with E-state index < -0.39 is 12.1 Å². The number of rotatable bonds is 3. The first kappa shape index (κ1) is 12.7. The minimum absolute atomic E-state index is 0.0442. The molecule has 1 aliphatic heterocycles. The molecule has 1 aliphatic carbocycles. The molecule has 0 spiro atoms. The molecule has 3 rings (SSSR count). The van der Waals surface area contributed by atoms with Crippen molar-refractivity contribution in [2.24, 2.45) is 5.92 Å². The van der Waals surface area contributed by atoms with E-state index in [-0.39, 0.29) is 17.7 Å². The fraction of sp³-hybridized carbons (Fsp3) is 0.357. The van der Waals surface area contributed by atoms with E-state index in [0.717, 1.165) is 17.7 Å². The molecule has 0 aromatic heterocycles. The maximum Gasteiger partial charge on any atom is 0.324 e. The summed E-state index contributed by atoms with van der Waals surface area (Å²) >= 11 is 0. The van der Waals surface area contributed by atoms with E-state index >= 15 is 0 Å². The van der Waals surface area contributed by atoms with E-state index in [1.807, 2.05) is 0 Å². The summed E-state index contributed by atoms with van der Waals surface area (Å²) in [6.07, 6.45) is 1.91. The molecule has 1 aromatic rings. The zero-order valence-corrected chi connectivity index (χ0v) is 11.1. The maximum absolute atomic E-state index is 11.8. The molecule has 2 aliphatic rings. The fourth-order valence-corrected chi connectivity index (χ4v) is 2.15. The normalized spacial score (nSPS) is 21.9. The van der Waals surface area contributed by atoms with Crippen molar-refractivity contribution in [2.75, 3.05) is 12.4 Å². The molecule has 1 atom stereocenters. The SMILES string of the molecule is CN1C(=O)NC(c2ccc(NC(=O)C3CC3)cc2)C1=O. The van der Waals surface area contributed by atoms with Crippen LogP contribution in [-0.2, 0) is 9.59 Å². The van der Waals surface area contributed by atoms with Gasteiger partial charge in [0.15, 0.2) is 0 Å². The lowest BCUT2D eigenvalue weighted by molar-refractivity contribution is -0.126. The zero-order valence-electron chi connectivity index (χ0n) is 11.1. The average molecular weight is 273 g/mol. The molecule has 1 heterocycles. The third kappa shape index (κ3) is 2.24. The number of benzene rings is 1. The molecule has 1 saturated carbocycles. The fourth-order valence-electron chi connectivity index (χ4n) is 2.15. The number of urea groups is 1. The van der Waals surface area contributed by atoms with Gasteiger partial charge in [-0.1, -0.05) is 12.1 Å². The highest BCUT2D eigenvalue weighted by atomic mass is 16.2. The van der Waals surface area contributed by atoms with Crippen molar-refractivity contribution in [1.82, 2.24) is 10.2 Å². The van der Waals surface area contributed by atoms with Gasteiger partial charge in [-0.15, -0.1) is 0 Å². The number of anilines is 1. The van der Waals surface area contributed by atoms with Crippen LogP contribution in [0.15, 0.2) is 24.3 Å². The molecule has 1 aromatic carbocycles. The molecule has 0 bridgehead atoms. The Hall–Kier alpha value is -2.37. The van der Waals surface area contributed by atoms with Crippen LogP contribution in [0.25, 0.3) is 0 Å². The standard InChI is InChI=1S/C14H15N3O3/c1-17-13(19)11(16-14(17)20)8-4-6-10(7-5-8)15-12(18)9-2-3-9/h4-7,9,11H,2-3H2,1H3,(H,15,18)(H,16,20). The van der Waals surface area contributed by atoms with Crippen LogP contribution in [-0.4, -0.2) is 29.8 Å². The Morgan fingerprint density at radius 3 is 2.40 bits per heavy atom. The minimum Gasteiger partial charge on any atom is -0.326 e. The second kappa shape index (κ2) is 4.63. The van der Waals surface area contributed by atoms with Crippen LogP contribution < -0.4 is 10.6 Å². The number of nitrogens with one attached hydrogen (secondary N) is 2. The minimum atomic E-state index is -0.638. The van der Waals surface area contributed by atoms with Crippen molar-refractivity contribution in [3.63, 3.8) is 0 Å². The number of hydrogen-bond acceptors (Lipinski definition) is 3. The Labute approximate surface area is 116 Å². The van der Waals surface area contributed by atoms with Crippen LogP contribution in [0.2, 0.25) is 0 Å². The number of amides is 4. The van der Waals surface area contributed by atoms with E-state index in [0.29, 0.717) is 11.3 Å². The Morgan fingerprint density at radius 2 is 1.90 bits per heavy atom. The maximum atomic E-state index is 11.8. The molecule has 6 heteroatoms. The van der Waals surface area contributed by atoms with Gasteiger partial charge in [0.25, 0.3) is 5.91 Å². The van der Waals surface area contributed by atoms with Crippen molar-refractivity contribution in [3.8, 4) is 0 Å². The van der Waals surface area contributed by atoms with Gasteiger partial charge in [-0.25, -0.2) is 4.79 Å². The first-order valence-electron chi connectivity index (χ1n) is 6.55. The summed E-state index contributed by atoms with van der Waals surface area (Å²) in [6, 6.07) is 5.93. The molecule has 2 N–H and O–H groups in total. The molecule has 20 heavy (non-hydrogen) atoms. The predicted molar refractivity (Wildman–Crippen MR) is 71.8 cm³/mol. The smallest absolute Gasteiger partial charge is 0.324 e. The summed E-state index contributed by atoms with van der Waals surface area (Å²) < 4.78 is 0. The van der Waals surface area contributed by atoms with Crippen molar-refractivity contribution >= 4 is 23.5 Å². The highest BCUT2D eigenvalue weighted by Gasteiger charge is 2.36. The van der Waals surface area contributed by atoms with Crippen molar-refractivity contribution in [1.29, 1.82) is 0 Å². The van der Waals surface area contributed by atoms with Gasteiger partial charge >= 0.3 is 6.03 Å². The second-order valence-electron chi connectivity index (χ2n) is 5.17. The van der Waals surface area contributed by atoms with Crippen molar-refractivity contribution < 1.29 is 14.4 Å². The highest BCUT2D eigenvalue weighted by molar-refractivity contribution is 6.04. The van der Waals surface area contributed by atoms with E-state index in [9.17, 15) is 14.4 Å². The van der Waals surface area contributed by atoms with Gasteiger partial charge in [-0.3, -0.25) is 14.5 Å². The summed E-state index contributed by atoms with van der Waals surface area (Å²) in [5, 5.41) is 5.44. The van der Waals surface area contributed by atoms with Gasteiger partial charge in [0.05, 0.1) is 0 Å². The molecular formula is C14H15N3O3.